The number of halogens is 1. The highest BCUT2D eigenvalue weighted by Gasteiger charge is 2.05. The molecule has 0 aliphatic carbocycles. The molecule has 0 aliphatic heterocycles. The minimum absolute atomic E-state index is 0. The van der Waals surface area contributed by atoms with Crippen molar-refractivity contribution in [1.82, 2.24) is 9.55 Å². The molecule has 0 radical (unpaired) electrons. The lowest BCUT2D eigenvalue weighted by molar-refractivity contribution is 1.04. The maximum Gasteiger partial charge on any atom is 0.159 e. The van der Waals surface area contributed by atoms with Crippen molar-refractivity contribution in [2.45, 2.75) is 5.75 Å². The van der Waals surface area contributed by atoms with Gasteiger partial charge >= 0.3 is 0 Å². The number of imidazole rings is 1. The Kier molecular flexibility index (Phi) is 6.43. The van der Waals surface area contributed by atoms with Crippen LogP contribution in [0.5, 0.6) is 0 Å². The van der Waals surface area contributed by atoms with Gasteiger partial charge in [0.2, 0.25) is 0 Å². The number of aliphatic imine (C=N–C) groups is 1. The van der Waals surface area contributed by atoms with E-state index in [1.807, 2.05) is 53.2 Å². The van der Waals surface area contributed by atoms with E-state index in [4.69, 9.17) is 5.73 Å². The number of benzene rings is 2. The molecule has 6 heteroatoms. The van der Waals surface area contributed by atoms with E-state index in [1.165, 1.54) is 17.3 Å². The maximum atomic E-state index is 6.02. The van der Waals surface area contributed by atoms with Gasteiger partial charge in [0.15, 0.2) is 5.17 Å². The van der Waals surface area contributed by atoms with Gasteiger partial charge in [0.05, 0.1) is 17.7 Å². The molecule has 0 amide bonds. The zero-order valence-corrected chi connectivity index (χ0v) is 14.9. The average molecular weight is 389 g/mol. The van der Waals surface area contributed by atoms with Crippen LogP contribution in [0.25, 0.3) is 5.69 Å². The standard InChI is InChI=1S/C17H16N4S.BrH/c18-17(20-15-7-2-1-3-8-15)22-12-14-6-4-5-9-16(14)21-11-10-19-13-21;/h1-11,13H,12H2,(H2,18,20);1H. The van der Waals surface area contributed by atoms with Crippen LogP contribution in [-0.4, -0.2) is 14.7 Å². The Morgan fingerprint density at radius 1 is 1.09 bits per heavy atom. The molecule has 0 atom stereocenters. The van der Waals surface area contributed by atoms with Crippen LogP contribution in [0.1, 0.15) is 5.56 Å². The average Bonchev–Trinajstić information content (AvgIpc) is 3.08. The molecule has 0 saturated heterocycles. The lowest BCUT2D eigenvalue weighted by Gasteiger charge is -2.09. The van der Waals surface area contributed by atoms with Crippen LogP contribution in [0.2, 0.25) is 0 Å². The number of nitrogens with zero attached hydrogens (tertiary/aromatic N) is 3. The number of hydrogen-bond acceptors (Lipinski definition) is 3. The van der Waals surface area contributed by atoms with Crippen LogP contribution in [0.4, 0.5) is 5.69 Å². The number of hydrogen-bond donors (Lipinski definition) is 1. The zero-order valence-electron chi connectivity index (χ0n) is 12.4. The summed E-state index contributed by atoms with van der Waals surface area (Å²) in [6.07, 6.45) is 5.50. The predicted octanol–water partition coefficient (Wildman–Crippen LogP) is 4.33. The lowest BCUT2D eigenvalue weighted by Crippen LogP contribution is -2.07. The van der Waals surface area contributed by atoms with Gasteiger partial charge in [-0.3, -0.25) is 0 Å². The molecule has 3 aromatic rings. The van der Waals surface area contributed by atoms with Gasteiger partial charge in [0, 0.05) is 18.1 Å². The Hall–Kier alpha value is -2.05. The summed E-state index contributed by atoms with van der Waals surface area (Å²) in [5.74, 6) is 0.760. The van der Waals surface area contributed by atoms with Gasteiger partial charge in [-0.2, -0.15) is 0 Å². The van der Waals surface area contributed by atoms with E-state index >= 15 is 0 Å². The third-order valence-electron chi connectivity index (χ3n) is 3.15. The van der Waals surface area contributed by atoms with Crippen molar-refractivity contribution in [2.24, 2.45) is 10.7 Å². The maximum absolute atomic E-state index is 6.02. The Bertz CT molecular complexity index is 757. The number of amidine groups is 1. The van der Waals surface area contributed by atoms with E-state index in [1.54, 1.807) is 12.5 Å². The minimum Gasteiger partial charge on any atom is -0.378 e. The first-order chi connectivity index (χ1) is 10.8. The smallest absolute Gasteiger partial charge is 0.159 e. The third kappa shape index (κ3) is 4.71. The fourth-order valence-corrected chi connectivity index (χ4v) is 2.82. The molecular formula is C17H17BrN4S. The Morgan fingerprint density at radius 3 is 2.57 bits per heavy atom. The fourth-order valence-electron chi connectivity index (χ4n) is 2.10. The van der Waals surface area contributed by atoms with Gasteiger partial charge in [-0.1, -0.05) is 48.2 Å². The van der Waals surface area contributed by atoms with Gasteiger partial charge in [0.1, 0.15) is 0 Å². The number of thioether (sulfide) groups is 1. The number of nitrogens with two attached hydrogens (primary N) is 1. The Labute approximate surface area is 150 Å². The van der Waals surface area contributed by atoms with Gasteiger partial charge < -0.3 is 10.3 Å². The molecule has 0 saturated carbocycles. The molecule has 0 bridgehead atoms. The minimum atomic E-state index is 0. The SMILES string of the molecule is Br.NC(=Nc1ccccc1)SCc1ccccc1-n1ccnc1. The van der Waals surface area contributed by atoms with E-state index in [-0.39, 0.29) is 17.0 Å². The highest BCUT2D eigenvalue weighted by molar-refractivity contribution is 8.93. The van der Waals surface area contributed by atoms with Crippen molar-refractivity contribution < 1.29 is 0 Å². The van der Waals surface area contributed by atoms with Crippen molar-refractivity contribution in [3.63, 3.8) is 0 Å². The van der Waals surface area contributed by atoms with E-state index < -0.39 is 0 Å². The molecule has 0 fully saturated rings. The normalized spacial score (nSPS) is 11.0. The summed E-state index contributed by atoms with van der Waals surface area (Å²) in [4.78, 5) is 8.50. The van der Waals surface area contributed by atoms with Crippen molar-refractivity contribution >= 4 is 39.6 Å². The van der Waals surface area contributed by atoms with Crippen LogP contribution in [0.3, 0.4) is 0 Å². The first kappa shape index (κ1) is 17.3. The molecule has 118 valence electrons. The summed E-state index contributed by atoms with van der Waals surface area (Å²) in [7, 11) is 0. The largest absolute Gasteiger partial charge is 0.378 e. The summed E-state index contributed by atoms with van der Waals surface area (Å²) in [6.45, 7) is 0. The van der Waals surface area contributed by atoms with Crippen LogP contribution in [0, 0.1) is 0 Å². The van der Waals surface area contributed by atoms with Crippen molar-refractivity contribution in [1.29, 1.82) is 0 Å². The highest BCUT2D eigenvalue weighted by Crippen LogP contribution is 2.21. The summed E-state index contributed by atoms with van der Waals surface area (Å²) in [6, 6.07) is 18.0. The topological polar surface area (TPSA) is 56.2 Å². The summed E-state index contributed by atoms with van der Waals surface area (Å²) >= 11 is 1.53. The second-order valence-corrected chi connectivity index (χ2v) is 5.67. The van der Waals surface area contributed by atoms with Crippen molar-refractivity contribution in [3.05, 3.63) is 78.9 Å². The van der Waals surface area contributed by atoms with Crippen molar-refractivity contribution in [2.75, 3.05) is 0 Å². The molecule has 3 rings (SSSR count). The van der Waals surface area contributed by atoms with E-state index in [2.05, 4.69) is 22.1 Å². The number of rotatable bonds is 4. The van der Waals surface area contributed by atoms with Crippen LogP contribution < -0.4 is 5.73 Å². The van der Waals surface area contributed by atoms with E-state index in [0.29, 0.717) is 5.17 Å². The van der Waals surface area contributed by atoms with E-state index in [9.17, 15) is 0 Å². The van der Waals surface area contributed by atoms with Gasteiger partial charge in [-0.05, 0) is 23.8 Å². The van der Waals surface area contributed by atoms with E-state index in [0.717, 1.165) is 17.1 Å². The molecule has 0 spiro atoms. The monoisotopic (exact) mass is 388 g/mol. The molecule has 2 aromatic carbocycles. The Balaban J connectivity index is 0.00000192. The van der Waals surface area contributed by atoms with Crippen LogP contribution in [0.15, 0.2) is 78.3 Å². The number of para-hydroxylation sites is 2. The Morgan fingerprint density at radius 2 is 1.83 bits per heavy atom. The molecule has 4 nitrogen and oxygen atoms in total. The molecule has 1 heterocycles. The fraction of sp³-hybridized carbons (Fsp3) is 0.0588. The second-order valence-electron chi connectivity index (χ2n) is 4.67. The summed E-state index contributed by atoms with van der Waals surface area (Å²) < 4.78 is 2.00. The molecule has 0 unspecified atom stereocenters. The highest BCUT2D eigenvalue weighted by atomic mass is 79.9. The molecule has 1 aromatic heterocycles. The first-order valence-electron chi connectivity index (χ1n) is 6.91. The summed E-state index contributed by atoms with van der Waals surface area (Å²) in [5, 5.41) is 0.562. The quantitative estimate of drug-likeness (QED) is 0.534. The summed E-state index contributed by atoms with van der Waals surface area (Å²) in [5.41, 5.74) is 9.19. The molecule has 23 heavy (non-hydrogen) atoms. The number of aromatic nitrogens is 2. The predicted molar refractivity (Wildman–Crippen MR) is 103 cm³/mol. The van der Waals surface area contributed by atoms with Gasteiger partial charge in [-0.15, -0.1) is 17.0 Å². The molecule has 0 aliphatic rings. The lowest BCUT2D eigenvalue weighted by atomic mass is 10.2. The van der Waals surface area contributed by atoms with Crippen molar-refractivity contribution in [3.8, 4) is 5.69 Å². The van der Waals surface area contributed by atoms with Gasteiger partial charge in [-0.25, -0.2) is 9.98 Å². The molecule has 2 N–H and O–H groups in total. The van der Waals surface area contributed by atoms with Crippen LogP contribution in [-0.2, 0) is 5.75 Å². The first-order valence-corrected chi connectivity index (χ1v) is 7.90. The van der Waals surface area contributed by atoms with Gasteiger partial charge in [0.25, 0.3) is 0 Å². The zero-order chi connectivity index (χ0) is 15.2. The third-order valence-corrected chi connectivity index (χ3v) is 3.99. The molecular weight excluding hydrogens is 372 g/mol. The van der Waals surface area contributed by atoms with Crippen LogP contribution >= 0.6 is 28.7 Å². The second kappa shape index (κ2) is 8.55.